The van der Waals surface area contributed by atoms with E-state index in [0.717, 1.165) is 16.8 Å². The van der Waals surface area contributed by atoms with Crippen LogP contribution in [0.3, 0.4) is 0 Å². The molecule has 1 unspecified atom stereocenters. The molecule has 0 saturated carbocycles. The largest absolute Gasteiger partial charge is 0.480 e. The van der Waals surface area contributed by atoms with E-state index in [1.165, 1.54) is 0 Å². The van der Waals surface area contributed by atoms with Gasteiger partial charge in [-0.15, -0.1) is 0 Å². The number of nitrogens with zero attached hydrogens (tertiary/aromatic N) is 1. The maximum Gasteiger partial charge on any atom is 0.327 e. The van der Waals surface area contributed by atoms with E-state index >= 15 is 0 Å². The van der Waals surface area contributed by atoms with Crippen molar-refractivity contribution in [2.45, 2.75) is 19.9 Å². The molecule has 0 amide bonds. The van der Waals surface area contributed by atoms with Crippen LogP contribution >= 0.6 is 0 Å². The van der Waals surface area contributed by atoms with E-state index in [1.54, 1.807) is 11.9 Å². The molecule has 0 aliphatic rings. The number of hydrogen-bond acceptors (Lipinski definition) is 3. The summed E-state index contributed by atoms with van der Waals surface area (Å²) < 4.78 is 0. The highest BCUT2D eigenvalue weighted by Crippen LogP contribution is 2.21. The van der Waals surface area contributed by atoms with E-state index in [2.05, 4.69) is 0 Å². The second-order valence-electron chi connectivity index (χ2n) is 3.99. The molecule has 0 aromatic heterocycles. The monoisotopic (exact) mass is 222 g/mol. The normalized spacial score (nSPS) is 12.2. The minimum absolute atomic E-state index is 0.0964. The number of likely N-dealkylation sites (N-methyl/N-ethyl adjacent to an activating group) is 1. The van der Waals surface area contributed by atoms with Crippen molar-refractivity contribution < 1.29 is 9.90 Å². The zero-order valence-electron chi connectivity index (χ0n) is 9.90. The van der Waals surface area contributed by atoms with Crippen LogP contribution in [-0.4, -0.2) is 30.7 Å². The molecule has 0 aliphatic carbocycles. The van der Waals surface area contributed by atoms with Gasteiger partial charge in [-0.05, 0) is 25.5 Å². The first kappa shape index (κ1) is 12.5. The third-order valence-corrected chi connectivity index (χ3v) is 2.71. The summed E-state index contributed by atoms with van der Waals surface area (Å²) >= 11 is 0. The van der Waals surface area contributed by atoms with Crippen molar-refractivity contribution in [3.8, 4) is 0 Å². The molecule has 1 atom stereocenters. The third-order valence-electron chi connectivity index (χ3n) is 2.71. The Labute approximate surface area is 95.7 Å². The van der Waals surface area contributed by atoms with Gasteiger partial charge in [0.25, 0.3) is 0 Å². The maximum atomic E-state index is 11.0. The molecule has 1 rings (SSSR count). The number of carboxylic acid groups (broad SMARTS) is 1. The molecule has 4 nitrogen and oxygen atoms in total. The maximum absolute atomic E-state index is 11.0. The third kappa shape index (κ3) is 2.52. The molecule has 88 valence electrons. The van der Waals surface area contributed by atoms with Gasteiger partial charge < -0.3 is 15.7 Å². The van der Waals surface area contributed by atoms with Crippen LogP contribution in [0.25, 0.3) is 0 Å². The average molecular weight is 222 g/mol. The molecule has 0 heterocycles. The first-order valence-electron chi connectivity index (χ1n) is 5.20. The van der Waals surface area contributed by atoms with E-state index < -0.39 is 12.0 Å². The number of aliphatic carboxylic acids is 1. The number of carboxylic acids is 1. The van der Waals surface area contributed by atoms with Gasteiger partial charge in [0.15, 0.2) is 0 Å². The number of hydrogen-bond donors (Lipinski definition) is 2. The van der Waals surface area contributed by atoms with Gasteiger partial charge in [0.2, 0.25) is 0 Å². The van der Waals surface area contributed by atoms with E-state index in [-0.39, 0.29) is 6.54 Å². The van der Waals surface area contributed by atoms with Gasteiger partial charge >= 0.3 is 5.97 Å². The van der Waals surface area contributed by atoms with Crippen LogP contribution in [-0.2, 0) is 4.79 Å². The lowest BCUT2D eigenvalue weighted by Crippen LogP contribution is -2.44. The lowest BCUT2D eigenvalue weighted by molar-refractivity contribution is -0.138. The summed E-state index contributed by atoms with van der Waals surface area (Å²) in [7, 11) is 1.75. The molecular weight excluding hydrogens is 204 g/mol. The molecule has 0 saturated heterocycles. The first-order chi connectivity index (χ1) is 7.47. The molecule has 1 aromatic rings. The molecule has 0 bridgehead atoms. The van der Waals surface area contributed by atoms with Crippen molar-refractivity contribution >= 4 is 11.7 Å². The smallest absolute Gasteiger partial charge is 0.327 e. The molecule has 16 heavy (non-hydrogen) atoms. The fraction of sp³-hybridized carbons (Fsp3) is 0.417. The quantitative estimate of drug-likeness (QED) is 0.802. The fourth-order valence-electron chi connectivity index (χ4n) is 1.79. The molecule has 0 spiro atoms. The second-order valence-corrected chi connectivity index (χ2v) is 3.99. The van der Waals surface area contributed by atoms with Crippen LogP contribution in [0.1, 0.15) is 11.1 Å². The summed E-state index contributed by atoms with van der Waals surface area (Å²) in [4.78, 5) is 12.7. The van der Waals surface area contributed by atoms with Crippen molar-refractivity contribution in [2.24, 2.45) is 5.73 Å². The number of benzene rings is 1. The van der Waals surface area contributed by atoms with Gasteiger partial charge in [-0.1, -0.05) is 17.7 Å². The fourth-order valence-corrected chi connectivity index (χ4v) is 1.79. The van der Waals surface area contributed by atoms with Crippen LogP contribution in [0.15, 0.2) is 18.2 Å². The van der Waals surface area contributed by atoms with Crippen molar-refractivity contribution in [3.63, 3.8) is 0 Å². The van der Waals surface area contributed by atoms with Crippen molar-refractivity contribution in [2.75, 3.05) is 18.5 Å². The Bertz CT molecular complexity index is 391. The Balaban J connectivity index is 3.03. The van der Waals surface area contributed by atoms with Crippen LogP contribution in [0.5, 0.6) is 0 Å². The van der Waals surface area contributed by atoms with Gasteiger partial charge in [0.1, 0.15) is 6.04 Å². The first-order valence-corrected chi connectivity index (χ1v) is 5.20. The Kier molecular flexibility index (Phi) is 3.90. The second kappa shape index (κ2) is 4.99. The van der Waals surface area contributed by atoms with Crippen molar-refractivity contribution in [1.82, 2.24) is 0 Å². The Morgan fingerprint density at radius 3 is 2.56 bits per heavy atom. The van der Waals surface area contributed by atoms with Gasteiger partial charge in [-0.2, -0.15) is 0 Å². The Morgan fingerprint density at radius 1 is 1.50 bits per heavy atom. The minimum atomic E-state index is -0.898. The number of carbonyl (C=O) groups is 1. The Hall–Kier alpha value is -1.55. The highest BCUT2D eigenvalue weighted by molar-refractivity contribution is 5.78. The van der Waals surface area contributed by atoms with E-state index in [0.29, 0.717) is 0 Å². The van der Waals surface area contributed by atoms with Crippen LogP contribution in [0.2, 0.25) is 0 Å². The van der Waals surface area contributed by atoms with Gasteiger partial charge in [-0.25, -0.2) is 4.79 Å². The molecular formula is C12H18N2O2. The van der Waals surface area contributed by atoms with Crippen LogP contribution in [0, 0.1) is 13.8 Å². The molecule has 1 aromatic carbocycles. The predicted octanol–water partition coefficient (Wildman–Crippen LogP) is 1.15. The Morgan fingerprint density at radius 2 is 2.12 bits per heavy atom. The molecule has 0 fully saturated rings. The summed E-state index contributed by atoms with van der Waals surface area (Å²) in [5, 5.41) is 9.03. The predicted molar refractivity (Wildman–Crippen MR) is 64.8 cm³/mol. The summed E-state index contributed by atoms with van der Waals surface area (Å²) in [5.74, 6) is -0.898. The van der Waals surface area contributed by atoms with Gasteiger partial charge in [0, 0.05) is 19.3 Å². The van der Waals surface area contributed by atoms with Gasteiger partial charge in [0.05, 0.1) is 0 Å². The molecule has 0 radical (unpaired) electrons. The van der Waals surface area contributed by atoms with Gasteiger partial charge in [-0.3, -0.25) is 0 Å². The number of rotatable bonds is 4. The lowest BCUT2D eigenvalue weighted by atomic mass is 10.1. The highest BCUT2D eigenvalue weighted by Gasteiger charge is 2.21. The molecule has 3 N–H and O–H groups in total. The van der Waals surface area contributed by atoms with E-state index in [9.17, 15) is 4.79 Å². The average Bonchev–Trinajstić information content (AvgIpc) is 2.17. The highest BCUT2D eigenvalue weighted by atomic mass is 16.4. The summed E-state index contributed by atoms with van der Waals surface area (Å²) in [5.41, 5.74) is 8.59. The van der Waals surface area contributed by atoms with E-state index in [4.69, 9.17) is 10.8 Å². The SMILES string of the molecule is Cc1ccc(N(C)C(CN)C(=O)O)c(C)c1. The van der Waals surface area contributed by atoms with Crippen LogP contribution in [0.4, 0.5) is 5.69 Å². The van der Waals surface area contributed by atoms with E-state index in [1.807, 2.05) is 32.0 Å². The standard InChI is InChI=1S/C12H18N2O2/c1-8-4-5-10(9(2)6-8)14(3)11(7-13)12(15)16/h4-6,11H,7,13H2,1-3H3,(H,15,16). The number of nitrogens with two attached hydrogens (primary N) is 1. The van der Waals surface area contributed by atoms with Crippen molar-refractivity contribution in [3.05, 3.63) is 29.3 Å². The summed E-state index contributed by atoms with van der Waals surface area (Å²) in [6.07, 6.45) is 0. The molecule has 4 heteroatoms. The lowest BCUT2D eigenvalue weighted by Gasteiger charge is -2.27. The topological polar surface area (TPSA) is 66.6 Å². The number of aryl methyl sites for hydroxylation is 2. The number of anilines is 1. The molecule has 0 aliphatic heterocycles. The van der Waals surface area contributed by atoms with Crippen molar-refractivity contribution in [1.29, 1.82) is 0 Å². The zero-order valence-corrected chi connectivity index (χ0v) is 9.90. The summed E-state index contributed by atoms with van der Waals surface area (Å²) in [6, 6.07) is 5.24. The summed E-state index contributed by atoms with van der Waals surface area (Å²) in [6.45, 7) is 4.07. The van der Waals surface area contributed by atoms with Crippen LogP contribution < -0.4 is 10.6 Å². The minimum Gasteiger partial charge on any atom is -0.480 e. The zero-order chi connectivity index (χ0) is 12.3.